The van der Waals surface area contributed by atoms with Gasteiger partial charge < -0.3 is 5.11 Å². The van der Waals surface area contributed by atoms with Gasteiger partial charge in [-0.3, -0.25) is 4.68 Å². The van der Waals surface area contributed by atoms with E-state index < -0.39 is 0 Å². The molecule has 1 saturated carbocycles. The van der Waals surface area contributed by atoms with Gasteiger partial charge in [0.2, 0.25) is 0 Å². The van der Waals surface area contributed by atoms with Gasteiger partial charge >= 0.3 is 0 Å². The van der Waals surface area contributed by atoms with Gasteiger partial charge in [0.1, 0.15) is 0 Å². The summed E-state index contributed by atoms with van der Waals surface area (Å²) in [6.45, 7) is 5.23. The standard InChI is InChI=1S/C14H24N2O/c1-3-11-5-6-13(7-11)14(17)8-12-9-15-16(4-2)10-12/h9-11,13-14,17H,3-8H2,1-2H3. The van der Waals surface area contributed by atoms with Crippen molar-refractivity contribution in [2.24, 2.45) is 11.8 Å². The first-order chi connectivity index (χ1) is 8.22. The molecule has 1 aliphatic carbocycles. The van der Waals surface area contributed by atoms with Crippen LogP contribution in [0, 0.1) is 11.8 Å². The predicted octanol–water partition coefficient (Wildman–Crippen LogP) is 2.63. The van der Waals surface area contributed by atoms with Crippen molar-refractivity contribution in [3.05, 3.63) is 18.0 Å². The molecule has 1 fully saturated rings. The van der Waals surface area contributed by atoms with Crippen LogP contribution < -0.4 is 0 Å². The Kier molecular flexibility index (Phi) is 4.21. The molecule has 3 heteroatoms. The van der Waals surface area contributed by atoms with Gasteiger partial charge in [-0.1, -0.05) is 19.8 Å². The van der Waals surface area contributed by atoms with Crippen LogP contribution in [0.25, 0.3) is 0 Å². The van der Waals surface area contributed by atoms with Crippen molar-refractivity contribution in [3.8, 4) is 0 Å². The molecule has 0 aromatic carbocycles. The first kappa shape index (κ1) is 12.6. The highest BCUT2D eigenvalue weighted by atomic mass is 16.3. The minimum atomic E-state index is -0.180. The van der Waals surface area contributed by atoms with Crippen molar-refractivity contribution < 1.29 is 5.11 Å². The van der Waals surface area contributed by atoms with E-state index in [1.807, 2.05) is 10.9 Å². The predicted molar refractivity (Wildman–Crippen MR) is 68.7 cm³/mol. The van der Waals surface area contributed by atoms with Crippen LogP contribution in [0.15, 0.2) is 12.4 Å². The van der Waals surface area contributed by atoms with Crippen LogP contribution in [-0.4, -0.2) is 21.0 Å². The number of nitrogens with zero attached hydrogens (tertiary/aromatic N) is 2. The van der Waals surface area contributed by atoms with Crippen LogP contribution in [-0.2, 0) is 13.0 Å². The van der Waals surface area contributed by atoms with Gasteiger partial charge in [-0.25, -0.2) is 0 Å². The molecule has 1 N–H and O–H groups in total. The number of hydrogen-bond donors (Lipinski definition) is 1. The van der Waals surface area contributed by atoms with Crippen molar-refractivity contribution in [1.29, 1.82) is 0 Å². The van der Waals surface area contributed by atoms with Crippen molar-refractivity contribution in [2.45, 2.75) is 58.6 Å². The summed E-state index contributed by atoms with van der Waals surface area (Å²) in [7, 11) is 0. The molecule has 0 saturated heterocycles. The van der Waals surface area contributed by atoms with Gasteiger partial charge in [-0.05, 0) is 37.2 Å². The van der Waals surface area contributed by atoms with E-state index in [-0.39, 0.29) is 6.10 Å². The molecule has 3 unspecified atom stereocenters. The smallest absolute Gasteiger partial charge is 0.0609 e. The number of rotatable bonds is 5. The van der Waals surface area contributed by atoms with E-state index in [0.29, 0.717) is 5.92 Å². The molecule has 2 rings (SSSR count). The molecule has 0 bridgehead atoms. The van der Waals surface area contributed by atoms with E-state index in [1.165, 1.54) is 31.2 Å². The Hall–Kier alpha value is -0.830. The quantitative estimate of drug-likeness (QED) is 0.853. The van der Waals surface area contributed by atoms with Crippen LogP contribution in [0.2, 0.25) is 0 Å². The Morgan fingerprint density at radius 3 is 2.88 bits per heavy atom. The molecule has 0 aliphatic heterocycles. The number of hydrogen-bond acceptors (Lipinski definition) is 2. The number of aromatic nitrogens is 2. The molecule has 17 heavy (non-hydrogen) atoms. The van der Waals surface area contributed by atoms with E-state index in [2.05, 4.69) is 25.1 Å². The lowest BCUT2D eigenvalue weighted by Gasteiger charge is -2.17. The summed E-state index contributed by atoms with van der Waals surface area (Å²) < 4.78 is 1.92. The van der Waals surface area contributed by atoms with Crippen LogP contribution in [0.5, 0.6) is 0 Å². The Morgan fingerprint density at radius 2 is 2.29 bits per heavy atom. The Balaban J connectivity index is 1.86. The fourth-order valence-electron chi connectivity index (χ4n) is 2.93. The monoisotopic (exact) mass is 236 g/mol. The highest BCUT2D eigenvalue weighted by molar-refractivity contribution is 5.06. The van der Waals surface area contributed by atoms with E-state index in [4.69, 9.17) is 0 Å². The third-order valence-corrected chi connectivity index (χ3v) is 4.16. The molecule has 1 aromatic rings. The van der Waals surface area contributed by atoms with Crippen LogP contribution in [0.1, 0.15) is 45.1 Å². The van der Waals surface area contributed by atoms with E-state index in [9.17, 15) is 5.11 Å². The first-order valence-corrected chi connectivity index (χ1v) is 6.92. The maximum Gasteiger partial charge on any atom is 0.0609 e. The molecule has 1 aromatic heterocycles. The summed E-state index contributed by atoms with van der Waals surface area (Å²) >= 11 is 0. The van der Waals surface area contributed by atoms with Gasteiger partial charge in [0.25, 0.3) is 0 Å². The molecular formula is C14H24N2O. The molecule has 1 aliphatic rings. The second kappa shape index (κ2) is 5.67. The molecule has 3 atom stereocenters. The van der Waals surface area contributed by atoms with Crippen LogP contribution >= 0.6 is 0 Å². The summed E-state index contributed by atoms with van der Waals surface area (Å²) in [4.78, 5) is 0. The lowest BCUT2D eigenvalue weighted by atomic mass is 9.94. The zero-order valence-electron chi connectivity index (χ0n) is 11.0. The van der Waals surface area contributed by atoms with Gasteiger partial charge in [0.05, 0.1) is 12.3 Å². The number of aliphatic hydroxyl groups excluding tert-OH is 1. The highest BCUT2D eigenvalue weighted by Crippen LogP contribution is 2.35. The first-order valence-electron chi connectivity index (χ1n) is 6.92. The third-order valence-electron chi connectivity index (χ3n) is 4.16. The van der Waals surface area contributed by atoms with Crippen molar-refractivity contribution in [1.82, 2.24) is 9.78 Å². The van der Waals surface area contributed by atoms with Gasteiger partial charge in [0, 0.05) is 19.2 Å². The lowest BCUT2D eigenvalue weighted by molar-refractivity contribution is 0.108. The van der Waals surface area contributed by atoms with Crippen molar-refractivity contribution >= 4 is 0 Å². The average Bonchev–Trinajstić information content (AvgIpc) is 2.96. The maximum atomic E-state index is 10.3. The Labute approximate surface area is 104 Å². The van der Waals surface area contributed by atoms with Gasteiger partial charge in [0.15, 0.2) is 0 Å². The third kappa shape index (κ3) is 3.09. The van der Waals surface area contributed by atoms with E-state index in [1.54, 1.807) is 0 Å². The topological polar surface area (TPSA) is 38.1 Å². The van der Waals surface area contributed by atoms with Gasteiger partial charge in [-0.2, -0.15) is 5.10 Å². The zero-order valence-corrected chi connectivity index (χ0v) is 11.0. The normalized spacial score (nSPS) is 26.3. The van der Waals surface area contributed by atoms with Crippen molar-refractivity contribution in [2.75, 3.05) is 0 Å². The minimum absolute atomic E-state index is 0.180. The largest absolute Gasteiger partial charge is 0.392 e. The summed E-state index contributed by atoms with van der Waals surface area (Å²) in [5, 5.41) is 14.5. The lowest BCUT2D eigenvalue weighted by Crippen LogP contribution is -2.20. The minimum Gasteiger partial charge on any atom is -0.392 e. The molecular weight excluding hydrogens is 212 g/mol. The molecule has 0 spiro atoms. The average molecular weight is 236 g/mol. The molecule has 0 amide bonds. The second-order valence-corrected chi connectivity index (χ2v) is 5.32. The number of aliphatic hydroxyl groups is 1. The fraction of sp³-hybridized carbons (Fsp3) is 0.786. The van der Waals surface area contributed by atoms with Crippen LogP contribution in [0.4, 0.5) is 0 Å². The maximum absolute atomic E-state index is 10.3. The fourth-order valence-corrected chi connectivity index (χ4v) is 2.93. The molecule has 0 radical (unpaired) electrons. The van der Waals surface area contributed by atoms with Gasteiger partial charge in [-0.15, -0.1) is 0 Å². The molecule has 3 nitrogen and oxygen atoms in total. The van der Waals surface area contributed by atoms with E-state index >= 15 is 0 Å². The SMILES string of the molecule is CCC1CCC(C(O)Cc2cnn(CC)c2)C1. The molecule has 1 heterocycles. The summed E-state index contributed by atoms with van der Waals surface area (Å²) in [6, 6.07) is 0. The summed E-state index contributed by atoms with van der Waals surface area (Å²) in [6.07, 6.45) is 9.49. The Morgan fingerprint density at radius 1 is 1.47 bits per heavy atom. The zero-order chi connectivity index (χ0) is 12.3. The number of aryl methyl sites for hydroxylation is 1. The van der Waals surface area contributed by atoms with Crippen molar-refractivity contribution in [3.63, 3.8) is 0 Å². The van der Waals surface area contributed by atoms with E-state index in [0.717, 1.165) is 18.9 Å². The molecule has 96 valence electrons. The second-order valence-electron chi connectivity index (χ2n) is 5.32. The summed E-state index contributed by atoms with van der Waals surface area (Å²) in [5.41, 5.74) is 1.17. The highest BCUT2D eigenvalue weighted by Gasteiger charge is 2.28. The Bertz CT molecular complexity index is 348. The summed E-state index contributed by atoms with van der Waals surface area (Å²) in [5.74, 6) is 1.35. The van der Waals surface area contributed by atoms with Crippen LogP contribution in [0.3, 0.4) is 0 Å².